The van der Waals surface area contributed by atoms with Gasteiger partial charge in [-0.2, -0.15) is 0 Å². The van der Waals surface area contributed by atoms with E-state index in [4.69, 9.17) is 4.74 Å². The van der Waals surface area contributed by atoms with Gasteiger partial charge in [-0.3, -0.25) is 0 Å². The third-order valence-corrected chi connectivity index (χ3v) is 3.29. The first-order valence-corrected chi connectivity index (χ1v) is 6.98. The minimum Gasteiger partial charge on any atom is -0.496 e. The molecule has 3 heteroatoms. The number of hydrogen-bond acceptors (Lipinski definition) is 3. The van der Waals surface area contributed by atoms with Crippen molar-refractivity contribution in [1.82, 2.24) is 5.32 Å². The molecule has 1 aromatic rings. The van der Waals surface area contributed by atoms with Crippen molar-refractivity contribution in [2.24, 2.45) is 0 Å². The third kappa shape index (κ3) is 4.22. The van der Waals surface area contributed by atoms with Gasteiger partial charge in [0.05, 0.1) is 13.2 Å². The van der Waals surface area contributed by atoms with Gasteiger partial charge in [-0.25, -0.2) is 0 Å². The lowest BCUT2D eigenvalue weighted by Crippen LogP contribution is -2.37. The fourth-order valence-electron chi connectivity index (χ4n) is 2.29. The quantitative estimate of drug-likeness (QED) is 0.829. The first kappa shape index (κ1) is 16.0. The fourth-order valence-corrected chi connectivity index (χ4v) is 2.29. The van der Waals surface area contributed by atoms with Crippen LogP contribution in [0.15, 0.2) is 18.2 Å². The predicted octanol–water partition coefficient (Wildman–Crippen LogP) is 3.24. The zero-order chi connectivity index (χ0) is 14.6. The van der Waals surface area contributed by atoms with E-state index in [9.17, 15) is 5.11 Å². The minimum atomic E-state index is -0.509. The van der Waals surface area contributed by atoms with Crippen LogP contribution in [-0.2, 0) is 0 Å². The molecule has 0 radical (unpaired) electrons. The van der Waals surface area contributed by atoms with Crippen LogP contribution >= 0.6 is 0 Å². The van der Waals surface area contributed by atoms with Gasteiger partial charge in [-0.05, 0) is 36.1 Å². The number of nitrogens with one attached hydrogen (secondary N) is 1. The lowest BCUT2D eigenvalue weighted by Gasteiger charge is -2.24. The number of methoxy groups -OCH3 is 1. The summed E-state index contributed by atoms with van der Waals surface area (Å²) >= 11 is 0. The Hall–Kier alpha value is -1.06. The van der Waals surface area contributed by atoms with E-state index in [0.29, 0.717) is 12.0 Å². The van der Waals surface area contributed by atoms with E-state index >= 15 is 0 Å². The van der Waals surface area contributed by atoms with Crippen LogP contribution in [0.4, 0.5) is 0 Å². The van der Waals surface area contributed by atoms with Crippen molar-refractivity contribution in [3.8, 4) is 5.75 Å². The molecule has 0 saturated carbocycles. The summed E-state index contributed by atoms with van der Waals surface area (Å²) in [5, 5.41) is 13.7. The molecule has 0 aromatic heterocycles. The molecular weight excluding hydrogens is 238 g/mol. The van der Waals surface area contributed by atoms with E-state index in [2.05, 4.69) is 33.0 Å². The van der Waals surface area contributed by atoms with Crippen LogP contribution in [0.2, 0.25) is 0 Å². The Bertz CT molecular complexity index is 402. The van der Waals surface area contributed by atoms with E-state index in [1.165, 1.54) is 0 Å². The van der Waals surface area contributed by atoms with Crippen molar-refractivity contribution in [1.29, 1.82) is 0 Å². The van der Waals surface area contributed by atoms with Crippen molar-refractivity contribution in [3.05, 3.63) is 29.3 Å². The molecule has 0 bridgehead atoms. The molecule has 0 aliphatic carbocycles. The van der Waals surface area contributed by atoms with Crippen molar-refractivity contribution in [2.45, 2.75) is 58.7 Å². The maximum absolute atomic E-state index is 10.4. The van der Waals surface area contributed by atoms with Gasteiger partial charge in [0.15, 0.2) is 0 Å². The van der Waals surface area contributed by atoms with Crippen LogP contribution in [0.5, 0.6) is 5.75 Å². The highest BCUT2D eigenvalue weighted by atomic mass is 16.5. The molecule has 108 valence electrons. The number of hydrogen-bond donors (Lipinski definition) is 2. The molecule has 3 nitrogen and oxygen atoms in total. The van der Waals surface area contributed by atoms with Crippen molar-refractivity contribution in [2.75, 3.05) is 7.11 Å². The smallest absolute Gasteiger partial charge is 0.122 e. The van der Waals surface area contributed by atoms with Crippen LogP contribution < -0.4 is 10.1 Å². The molecule has 2 atom stereocenters. The normalized spacial score (nSPS) is 14.8. The molecule has 19 heavy (non-hydrogen) atoms. The van der Waals surface area contributed by atoms with Crippen LogP contribution in [0, 0.1) is 0 Å². The number of rotatable bonds is 6. The number of ether oxygens (including phenoxy) is 1. The van der Waals surface area contributed by atoms with Crippen molar-refractivity contribution >= 4 is 0 Å². The zero-order valence-electron chi connectivity index (χ0n) is 12.9. The Morgan fingerprint density at radius 2 is 1.74 bits per heavy atom. The predicted molar refractivity (Wildman–Crippen MR) is 79.8 cm³/mol. The van der Waals surface area contributed by atoms with Gasteiger partial charge in [-0.1, -0.05) is 33.8 Å². The van der Waals surface area contributed by atoms with Crippen LogP contribution in [0.3, 0.4) is 0 Å². The van der Waals surface area contributed by atoms with Crippen LogP contribution in [0.1, 0.15) is 57.8 Å². The molecule has 2 unspecified atom stereocenters. The number of aliphatic hydroxyl groups is 1. The molecule has 0 heterocycles. The molecule has 0 aliphatic rings. The Balaban J connectivity index is 2.98. The van der Waals surface area contributed by atoms with E-state index in [1.807, 2.05) is 25.1 Å². The maximum atomic E-state index is 10.4. The first-order valence-electron chi connectivity index (χ1n) is 6.98. The summed E-state index contributed by atoms with van der Waals surface area (Å²) in [6.07, 6.45) is -0.509. The van der Waals surface area contributed by atoms with E-state index in [-0.39, 0.29) is 6.04 Å². The number of benzene rings is 1. The van der Waals surface area contributed by atoms with Gasteiger partial charge in [0.25, 0.3) is 0 Å². The third-order valence-electron chi connectivity index (χ3n) is 3.29. The zero-order valence-corrected chi connectivity index (χ0v) is 12.9. The van der Waals surface area contributed by atoms with Gasteiger partial charge < -0.3 is 15.2 Å². The van der Waals surface area contributed by atoms with Gasteiger partial charge in [0.2, 0.25) is 0 Å². The lowest BCUT2D eigenvalue weighted by molar-refractivity contribution is 0.131. The Morgan fingerprint density at radius 1 is 1.11 bits per heavy atom. The second-order valence-corrected chi connectivity index (χ2v) is 5.71. The Labute approximate surface area is 117 Å². The average molecular weight is 265 g/mol. The summed E-state index contributed by atoms with van der Waals surface area (Å²) in [6.45, 7) is 10.4. The van der Waals surface area contributed by atoms with E-state index < -0.39 is 6.10 Å². The molecule has 0 aliphatic heterocycles. The standard InChI is InChI=1S/C16H27NO2/c1-10(2)14-9-13(7-8-15(14)19-6)16(18)12(5)17-11(3)4/h7-12,16-18H,1-6H3. The highest BCUT2D eigenvalue weighted by Crippen LogP contribution is 2.30. The molecule has 1 rings (SSSR count). The highest BCUT2D eigenvalue weighted by molar-refractivity contribution is 5.40. The maximum Gasteiger partial charge on any atom is 0.122 e. The summed E-state index contributed by atoms with van der Waals surface area (Å²) < 4.78 is 5.37. The second-order valence-electron chi connectivity index (χ2n) is 5.71. The summed E-state index contributed by atoms with van der Waals surface area (Å²) in [6, 6.07) is 6.30. The van der Waals surface area contributed by atoms with Crippen molar-refractivity contribution in [3.63, 3.8) is 0 Å². The molecule has 0 saturated heterocycles. The largest absolute Gasteiger partial charge is 0.496 e. The molecular formula is C16H27NO2. The average Bonchev–Trinajstić information content (AvgIpc) is 2.36. The Morgan fingerprint density at radius 3 is 2.21 bits per heavy atom. The highest BCUT2D eigenvalue weighted by Gasteiger charge is 2.19. The first-order chi connectivity index (χ1) is 8.86. The summed E-state index contributed by atoms with van der Waals surface area (Å²) in [4.78, 5) is 0. The molecule has 1 aromatic carbocycles. The summed E-state index contributed by atoms with van der Waals surface area (Å²) in [7, 11) is 1.68. The minimum absolute atomic E-state index is 0.0217. The fraction of sp³-hybridized carbons (Fsp3) is 0.625. The molecule has 2 N–H and O–H groups in total. The monoisotopic (exact) mass is 265 g/mol. The van der Waals surface area contributed by atoms with Gasteiger partial charge in [0, 0.05) is 12.1 Å². The summed E-state index contributed by atoms with van der Waals surface area (Å²) in [5.41, 5.74) is 2.07. The van der Waals surface area contributed by atoms with Crippen LogP contribution in [0.25, 0.3) is 0 Å². The summed E-state index contributed by atoms with van der Waals surface area (Å²) in [5.74, 6) is 1.26. The van der Waals surface area contributed by atoms with Gasteiger partial charge in [0.1, 0.15) is 5.75 Å². The van der Waals surface area contributed by atoms with Gasteiger partial charge in [-0.15, -0.1) is 0 Å². The van der Waals surface area contributed by atoms with E-state index in [0.717, 1.165) is 16.9 Å². The molecule has 0 amide bonds. The Kier molecular flexibility index (Phi) is 5.83. The topological polar surface area (TPSA) is 41.5 Å². The lowest BCUT2D eigenvalue weighted by atomic mass is 9.95. The number of aliphatic hydroxyl groups excluding tert-OH is 1. The van der Waals surface area contributed by atoms with Crippen LogP contribution in [-0.4, -0.2) is 24.3 Å². The van der Waals surface area contributed by atoms with E-state index in [1.54, 1.807) is 7.11 Å². The van der Waals surface area contributed by atoms with Crippen molar-refractivity contribution < 1.29 is 9.84 Å². The molecule has 0 fully saturated rings. The SMILES string of the molecule is COc1ccc(C(O)C(C)NC(C)C)cc1C(C)C. The molecule has 0 spiro atoms. The van der Waals surface area contributed by atoms with Gasteiger partial charge >= 0.3 is 0 Å². The second kappa shape index (κ2) is 6.92.